The van der Waals surface area contributed by atoms with Crippen LogP contribution in [0.2, 0.25) is 0 Å². The highest BCUT2D eigenvalue weighted by molar-refractivity contribution is 7.89. The zero-order chi connectivity index (χ0) is 15.3. The summed E-state index contributed by atoms with van der Waals surface area (Å²) in [6.45, 7) is 2.99. The average molecular weight is 304 g/mol. The Morgan fingerprint density at radius 2 is 2.10 bits per heavy atom. The van der Waals surface area contributed by atoms with E-state index in [1.54, 1.807) is 6.92 Å². The molecule has 0 bridgehead atoms. The first-order valence-corrected chi connectivity index (χ1v) is 7.34. The molecule has 0 aliphatic rings. The number of rotatable bonds is 6. The number of ether oxygens (including phenoxy) is 1. The summed E-state index contributed by atoms with van der Waals surface area (Å²) in [5, 5.41) is 2.37. The first-order valence-electron chi connectivity index (χ1n) is 5.86. The summed E-state index contributed by atoms with van der Waals surface area (Å²) in [6, 6.07) is 3.37. The lowest BCUT2D eigenvalue weighted by molar-refractivity contribution is -0.114. The summed E-state index contributed by atoms with van der Waals surface area (Å²) in [4.78, 5) is 10.4. The SMILES string of the molecule is COC(C)CNS(=O)(=O)c1ccc(NC(C)=O)cc1F. The standard InChI is InChI=1S/C12H17FN2O4S/c1-8(19-3)7-14-20(17,18)12-5-4-10(6-11(12)13)15-9(2)16/h4-6,8,14H,7H2,1-3H3,(H,15,16). The van der Waals surface area contributed by atoms with E-state index in [1.807, 2.05) is 0 Å². The van der Waals surface area contributed by atoms with Crippen molar-refractivity contribution in [3.8, 4) is 0 Å². The Bertz CT molecular complexity index is 589. The largest absolute Gasteiger partial charge is 0.380 e. The van der Waals surface area contributed by atoms with Gasteiger partial charge in [0.15, 0.2) is 0 Å². The van der Waals surface area contributed by atoms with Crippen molar-refractivity contribution >= 4 is 21.6 Å². The summed E-state index contributed by atoms with van der Waals surface area (Å²) >= 11 is 0. The molecule has 2 N–H and O–H groups in total. The monoisotopic (exact) mass is 304 g/mol. The highest BCUT2D eigenvalue weighted by Crippen LogP contribution is 2.18. The molecule has 0 spiro atoms. The minimum absolute atomic E-state index is 0.0335. The third kappa shape index (κ3) is 4.55. The highest BCUT2D eigenvalue weighted by Gasteiger charge is 2.20. The van der Waals surface area contributed by atoms with Crippen molar-refractivity contribution in [1.82, 2.24) is 4.72 Å². The number of hydrogen-bond acceptors (Lipinski definition) is 4. The maximum absolute atomic E-state index is 13.8. The number of anilines is 1. The Morgan fingerprint density at radius 3 is 2.60 bits per heavy atom. The molecule has 0 saturated heterocycles. The average Bonchev–Trinajstić information content (AvgIpc) is 2.35. The topological polar surface area (TPSA) is 84.5 Å². The molecule has 1 amide bonds. The van der Waals surface area contributed by atoms with E-state index in [0.29, 0.717) is 0 Å². The molecule has 112 valence electrons. The predicted molar refractivity (Wildman–Crippen MR) is 72.4 cm³/mol. The Balaban J connectivity index is 2.93. The Kier molecular flexibility index (Phi) is 5.61. The minimum Gasteiger partial charge on any atom is -0.380 e. The predicted octanol–water partition coefficient (Wildman–Crippen LogP) is 1.10. The molecule has 0 aromatic heterocycles. The minimum atomic E-state index is -3.96. The fourth-order valence-electron chi connectivity index (χ4n) is 1.39. The Morgan fingerprint density at radius 1 is 1.45 bits per heavy atom. The van der Waals surface area contributed by atoms with E-state index in [0.717, 1.165) is 12.1 Å². The molecule has 0 aliphatic heterocycles. The quantitative estimate of drug-likeness (QED) is 0.824. The van der Waals surface area contributed by atoms with Gasteiger partial charge in [0.05, 0.1) is 6.10 Å². The molecule has 6 nitrogen and oxygen atoms in total. The summed E-state index contributed by atoms with van der Waals surface area (Å²) in [5.74, 6) is -1.30. The van der Waals surface area contributed by atoms with E-state index < -0.39 is 20.7 Å². The summed E-state index contributed by atoms with van der Waals surface area (Å²) < 4.78 is 44.8. The normalized spacial score (nSPS) is 13.0. The number of halogens is 1. The van der Waals surface area contributed by atoms with Crippen LogP contribution in [0.3, 0.4) is 0 Å². The van der Waals surface area contributed by atoms with Crippen LogP contribution in [0.5, 0.6) is 0 Å². The van der Waals surface area contributed by atoms with Crippen molar-refractivity contribution in [3.63, 3.8) is 0 Å². The third-order valence-corrected chi connectivity index (χ3v) is 3.96. The maximum atomic E-state index is 13.8. The van der Waals surface area contributed by atoms with Crippen molar-refractivity contribution in [2.24, 2.45) is 0 Å². The zero-order valence-electron chi connectivity index (χ0n) is 11.4. The van der Waals surface area contributed by atoms with Crippen LogP contribution in [0.25, 0.3) is 0 Å². The molecule has 1 atom stereocenters. The van der Waals surface area contributed by atoms with Crippen molar-refractivity contribution in [2.45, 2.75) is 24.8 Å². The van der Waals surface area contributed by atoms with E-state index in [4.69, 9.17) is 4.74 Å². The van der Waals surface area contributed by atoms with Gasteiger partial charge in [0.1, 0.15) is 10.7 Å². The molecule has 1 aromatic rings. The van der Waals surface area contributed by atoms with Crippen LogP contribution in [0.15, 0.2) is 23.1 Å². The number of nitrogens with one attached hydrogen (secondary N) is 2. The van der Waals surface area contributed by atoms with Crippen molar-refractivity contribution in [3.05, 3.63) is 24.0 Å². The first-order chi connectivity index (χ1) is 9.26. The van der Waals surface area contributed by atoms with Gasteiger partial charge in [0.25, 0.3) is 0 Å². The number of amides is 1. The molecule has 1 rings (SSSR count). The number of sulfonamides is 1. The van der Waals surface area contributed by atoms with Gasteiger partial charge in [0.2, 0.25) is 15.9 Å². The van der Waals surface area contributed by atoms with Crippen LogP contribution in [-0.2, 0) is 19.6 Å². The molecule has 0 fully saturated rings. The molecule has 0 aliphatic carbocycles. The van der Waals surface area contributed by atoms with Crippen molar-refractivity contribution in [1.29, 1.82) is 0 Å². The lowest BCUT2D eigenvalue weighted by Gasteiger charge is -2.12. The van der Waals surface area contributed by atoms with Gasteiger partial charge in [-0.3, -0.25) is 4.79 Å². The molecule has 1 aromatic carbocycles. The van der Waals surface area contributed by atoms with E-state index >= 15 is 0 Å². The molecule has 20 heavy (non-hydrogen) atoms. The van der Waals surface area contributed by atoms with E-state index in [2.05, 4.69) is 10.0 Å². The summed E-state index contributed by atoms with van der Waals surface area (Å²) in [5.41, 5.74) is 0.194. The summed E-state index contributed by atoms with van der Waals surface area (Å²) in [7, 11) is -2.51. The number of carbonyl (C=O) groups excluding carboxylic acids is 1. The third-order valence-electron chi connectivity index (χ3n) is 2.50. The number of hydrogen-bond donors (Lipinski definition) is 2. The molecule has 0 saturated carbocycles. The number of carbonyl (C=O) groups is 1. The van der Waals surface area contributed by atoms with Gasteiger partial charge in [0, 0.05) is 26.3 Å². The van der Waals surface area contributed by atoms with Gasteiger partial charge in [-0.2, -0.15) is 0 Å². The second-order valence-electron chi connectivity index (χ2n) is 4.22. The molecular weight excluding hydrogens is 287 g/mol. The summed E-state index contributed by atoms with van der Waals surface area (Å²) in [6.07, 6.45) is -0.327. The fraction of sp³-hybridized carbons (Fsp3) is 0.417. The van der Waals surface area contributed by atoms with Gasteiger partial charge >= 0.3 is 0 Å². The lowest BCUT2D eigenvalue weighted by Crippen LogP contribution is -2.32. The molecular formula is C12H17FN2O4S. The van der Waals surface area contributed by atoms with Gasteiger partial charge in [-0.1, -0.05) is 0 Å². The zero-order valence-corrected chi connectivity index (χ0v) is 12.3. The number of methoxy groups -OCH3 is 1. The molecule has 8 heteroatoms. The fourth-order valence-corrected chi connectivity index (χ4v) is 2.56. The van der Waals surface area contributed by atoms with Crippen LogP contribution in [0, 0.1) is 5.82 Å². The highest BCUT2D eigenvalue weighted by atomic mass is 32.2. The van der Waals surface area contributed by atoms with Crippen LogP contribution in [-0.4, -0.2) is 34.1 Å². The van der Waals surface area contributed by atoms with Crippen LogP contribution in [0.4, 0.5) is 10.1 Å². The van der Waals surface area contributed by atoms with Crippen molar-refractivity contribution < 1.29 is 22.3 Å². The molecule has 0 radical (unpaired) electrons. The Labute approximate surface area is 117 Å². The van der Waals surface area contributed by atoms with Gasteiger partial charge in [-0.25, -0.2) is 17.5 Å². The molecule has 0 heterocycles. The number of benzene rings is 1. The van der Waals surface area contributed by atoms with Crippen LogP contribution in [0.1, 0.15) is 13.8 Å². The Hall–Kier alpha value is -1.51. The van der Waals surface area contributed by atoms with Gasteiger partial charge in [-0.05, 0) is 25.1 Å². The van der Waals surface area contributed by atoms with Crippen LogP contribution < -0.4 is 10.0 Å². The van der Waals surface area contributed by atoms with Gasteiger partial charge in [-0.15, -0.1) is 0 Å². The maximum Gasteiger partial charge on any atom is 0.243 e. The second kappa shape index (κ2) is 6.78. The lowest BCUT2D eigenvalue weighted by atomic mass is 10.3. The van der Waals surface area contributed by atoms with E-state index in [9.17, 15) is 17.6 Å². The molecule has 1 unspecified atom stereocenters. The van der Waals surface area contributed by atoms with E-state index in [1.165, 1.54) is 20.1 Å². The van der Waals surface area contributed by atoms with Crippen LogP contribution >= 0.6 is 0 Å². The van der Waals surface area contributed by atoms with Crippen molar-refractivity contribution in [2.75, 3.05) is 19.0 Å². The smallest absolute Gasteiger partial charge is 0.243 e. The first kappa shape index (κ1) is 16.5. The van der Waals surface area contributed by atoms with E-state index in [-0.39, 0.29) is 24.2 Å². The second-order valence-corrected chi connectivity index (χ2v) is 5.96. The van der Waals surface area contributed by atoms with Gasteiger partial charge < -0.3 is 10.1 Å².